The van der Waals surface area contributed by atoms with E-state index in [2.05, 4.69) is 25.6 Å². The van der Waals surface area contributed by atoms with Crippen LogP contribution in [-0.2, 0) is 10.0 Å². The van der Waals surface area contributed by atoms with Crippen LogP contribution >= 0.6 is 15.9 Å². The highest BCUT2D eigenvalue weighted by molar-refractivity contribution is 9.10. The number of nitrogens with zero attached hydrogens (tertiary/aromatic N) is 1. The number of aromatic nitrogens is 1. The highest BCUT2D eigenvalue weighted by atomic mass is 79.9. The number of aryl methyl sites for hydroxylation is 1. The quantitative estimate of drug-likeness (QED) is 0.819. The van der Waals surface area contributed by atoms with Gasteiger partial charge in [0.15, 0.2) is 0 Å². The number of anilines is 1. The number of hydrogen-bond donors (Lipinski definition) is 1. The number of halogens is 1. The van der Waals surface area contributed by atoms with Gasteiger partial charge in [-0.15, -0.1) is 0 Å². The summed E-state index contributed by atoms with van der Waals surface area (Å²) in [7, 11) is -3.67. The van der Waals surface area contributed by atoms with E-state index in [0.717, 1.165) is 5.56 Å². The number of ether oxygens (including phenoxy) is 1. The molecule has 0 atom stereocenters. The Kier molecular flexibility index (Phi) is 4.84. The summed E-state index contributed by atoms with van der Waals surface area (Å²) in [5, 5.41) is 0. The standard InChI is InChI=1S/C14H15BrN2O3S/c1-3-20-12-8-7-11(9-10(12)2)21(18,19)17-14-6-4-5-13(15)16-14/h4-9H,3H2,1-2H3,(H,16,17). The molecule has 2 rings (SSSR count). The maximum absolute atomic E-state index is 12.3. The lowest BCUT2D eigenvalue weighted by atomic mass is 10.2. The molecule has 0 radical (unpaired) electrons. The van der Waals surface area contributed by atoms with Crippen molar-refractivity contribution in [2.45, 2.75) is 18.7 Å². The van der Waals surface area contributed by atoms with Crippen molar-refractivity contribution in [3.63, 3.8) is 0 Å². The summed E-state index contributed by atoms with van der Waals surface area (Å²) in [6.07, 6.45) is 0. The zero-order valence-corrected chi connectivity index (χ0v) is 14.0. The van der Waals surface area contributed by atoms with Gasteiger partial charge in [-0.05, 0) is 65.7 Å². The first-order chi connectivity index (χ1) is 9.92. The van der Waals surface area contributed by atoms with E-state index in [1.54, 1.807) is 37.3 Å². The number of benzene rings is 1. The molecule has 2 aromatic rings. The second-order valence-corrected chi connectivity index (χ2v) is 6.81. The molecule has 0 aliphatic rings. The van der Waals surface area contributed by atoms with Gasteiger partial charge in [-0.25, -0.2) is 13.4 Å². The zero-order valence-electron chi connectivity index (χ0n) is 11.6. The number of nitrogens with one attached hydrogen (secondary N) is 1. The Morgan fingerprint density at radius 3 is 2.67 bits per heavy atom. The molecule has 0 aliphatic carbocycles. The van der Waals surface area contributed by atoms with Gasteiger partial charge >= 0.3 is 0 Å². The van der Waals surface area contributed by atoms with Gasteiger partial charge in [0.1, 0.15) is 16.2 Å². The fraction of sp³-hybridized carbons (Fsp3) is 0.214. The molecule has 0 fully saturated rings. The van der Waals surface area contributed by atoms with Gasteiger partial charge in [0.05, 0.1) is 11.5 Å². The average Bonchev–Trinajstić information content (AvgIpc) is 2.40. The van der Waals surface area contributed by atoms with Crippen LogP contribution in [0.3, 0.4) is 0 Å². The van der Waals surface area contributed by atoms with Crippen LogP contribution in [0.4, 0.5) is 5.82 Å². The van der Waals surface area contributed by atoms with E-state index in [1.807, 2.05) is 6.92 Å². The van der Waals surface area contributed by atoms with Gasteiger partial charge < -0.3 is 4.74 Å². The first kappa shape index (κ1) is 15.8. The summed E-state index contributed by atoms with van der Waals surface area (Å²) < 4.78 is 33.1. The Balaban J connectivity index is 2.29. The van der Waals surface area contributed by atoms with Crippen LogP contribution in [0.1, 0.15) is 12.5 Å². The molecule has 112 valence electrons. The van der Waals surface area contributed by atoms with Crippen molar-refractivity contribution in [2.75, 3.05) is 11.3 Å². The van der Waals surface area contributed by atoms with Crippen LogP contribution in [0.5, 0.6) is 5.75 Å². The Morgan fingerprint density at radius 2 is 2.05 bits per heavy atom. The molecule has 0 bridgehead atoms. The molecule has 5 nitrogen and oxygen atoms in total. The Morgan fingerprint density at radius 1 is 1.29 bits per heavy atom. The SMILES string of the molecule is CCOc1ccc(S(=O)(=O)Nc2cccc(Br)n2)cc1C. The van der Waals surface area contributed by atoms with Crippen LogP contribution in [0, 0.1) is 6.92 Å². The average molecular weight is 371 g/mol. The van der Waals surface area contributed by atoms with Gasteiger partial charge in [-0.1, -0.05) is 6.07 Å². The van der Waals surface area contributed by atoms with Crippen molar-refractivity contribution >= 4 is 31.8 Å². The third kappa shape index (κ3) is 3.95. The maximum atomic E-state index is 12.3. The van der Waals surface area contributed by atoms with E-state index in [1.165, 1.54) is 6.07 Å². The predicted octanol–water partition coefficient (Wildman–Crippen LogP) is 3.35. The van der Waals surface area contributed by atoms with Crippen molar-refractivity contribution in [1.29, 1.82) is 0 Å². The van der Waals surface area contributed by atoms with Crippen molar-refractivity contribution in [1.82, 2.24) is 4.98 Å². The fourth-order valence-corrected chi connectivity index (χ4v) is 3.20. The summed E-state index contributed by atoms with van der Waals surface area (Å²) in [6.45, 7) is 4.22. The molecule has 0 saturated heterocycles. The minimum Gasteiger partial charge on any atom is -0.494 e. The van der Waals surface area contributed by atoms with Crippen molar-refractivity contribution in [3.05, 3.63) is 46.6 Å². The molecule has 0 unspecified atom stereocenters. The Labute approximate surface area is 132 Å². The molecule has 7 heteroatoms. The first-order valence-corrected chi connectivity index (χ1v) is 8.59. The van der Waals surface area contributed by atoms with E-state index in [-0.39, 0.29) is 10.7 Å². The van der Waals surface area contributed by atoms with Crippen LogP contribution in [0.15, 0.2) is 45.9 Å². The molecule has 21 heavy (non-hydrogen) atoms. The van der Waals surface area contributed by atoms with E-state index >= 15 is 0 Å². The normalized spacial score (nSPS) is 11.2. The molecular formula is C14H15BrN2O3S. The molecule has 0 saturated carbocycles. The molecule has 0 amide bonds. The molecule has 1 aromatic heterocycles. The number of sulfonamides is 1. The lowest BCUT2D eigenvalue weighted by Crippen LogP contribution is -2.14. The number of pyridine rings is 1. The van der Waals surface area contributed by atoms with Crippen LogP contribution in [0.2, 0.25) is 0 Å². The zero-order chi connectivity index (χ0) is 15.5. The van der Waals surface area contributed by atoms with E-state index < -0.39 is 10.0 Å². The monoisotopic (exact) mass is 370 g/mol. The summed E-state index contributed by atoms with van der Waals surface area (Å²) in [5.74, 6) is 0.938. The second kappa shape index (κ2) is 6.44. The summed E-state index contributed by atoms with van der Waals surface area (Å²) in [5.41, 5.74) is 0.766. The smallest absolute Gasteiger partial charge is 0.263 e. The summed E-state index contributed by atoms with van der Waals surface area (Å²) in [6, 6.07) is 9.76. The third-order valence-electron chi connectivity index (χ3n) is 2.71. The van der Waals surface area contributed by atoms with Crippen LogP contribution in [0.25, 0.3) is 0 Å². The summed E-state index contributed by atoms with van der Waals surface area (Å²) >= 11 is 3.20. The molecule has 0 spiro atoms. The Bertz CT molecular complexity index is 748. The van der Waals surface area contributed by atoms with Gasteiger partial charge in [-0.3, -0.25) is 4.72 Å². The Hall–Kier alpha value is -1.60. The molecule has 1 aromatic carbocycles. The lowest BCUT2D eigenvalue weighted by molar-refractivity contribution is 0.337. The predicted molar refractivity (Wildman–Crippen MR) is 85.1 cm³/mol. The van der Waals surface area contributed by atoms with E-state index in [4.69, 9.17) is 4.74 Å². The topological polar surface area (TPSA) is 68.3 Å². The molecule has 1 heterocycles. The second-order valence-electron chi connectivity index (χ2n) is 4.31. The van der Waals surface area contributed by atoms with E-state index in [9.17, 15) is 8.42 Å². The molecule has 0 aliphatic heterocycles. The van der Waals surface area contributed by atoms with E-state index in [0.29, 0.717) is 17.0 Å². The molecular weight excluding hydrogens is 356 g/mol. The van der Waals surface area contributed by atoms with Gasteiger partial charge in [0, 0.05) is 0 Å². The highest BCUT2D eigenvalue weighted by Crippen LogP contribution is 2.23. The van der Waals surface area contributed by atoms with Crippen molar-refractivity contribution < 1.29 is 13.2 Å². The van der Waals surface area contributed by atoms with Gasteiger partial charge in [0.25, 0.3) is 10.0 Å². The summed E-state index contributed by atoms with van der Waals surface area (Å²) in [4.78, 5) is 4.23. The fourth-order valence-electron chi connectivity index (χ4n) is 1.77. The highest BCUT2D eigenvalue weighted by Gasteiger charge is 2.16. The minimum absolute atomic E-state index is 0.172. The lowest BCUT2D eigenvalue weighted by Gasteiger charge is -2.11. The number of rotatable bonds is 5. The van der Waals surface area contributed by atoms with Crippen molar-refractivity contribution in [2.24, 2.45) is 0 Å². The largest absolute Gasteiger partial charge is 0.494 e. The van der Waals surface area contributed by atoms with Crippen LogP contribution in [-0.4, -0.2) is 20.0 Å². The third-order valence-corrected chi connectivity index (χ3v) is 4.50. The van der Waals surface area contributed by atoms with Gasteiger partial charge in [0.2, 0.25) is 0 Å². The molecule has 1 N–H and O–H groups in total. The first-order valence-electron chi connectivity index (χ1n) is 6.31. The number of hydrogen-bond acceptors (Lipinski definition) is 4. The van der Waals surface area contributed by atoms with Gasteiger partial charge in [-0.2, -0.15) is 0 Å². The minimum atomic E-state index is -3.67. The maximum Gasteiger partial charge on any atom is 0.263 e. The van der Waals surface area contributed by atoms with Crippen molar-refractivity contribution in [3.8, 4) is 5.75 Å². The van der Waals surface area contributed by atoms with Crippen LogP contribution < -0.4 is 9.46 Å².